The summed E-state index contributed by atoms with van der Waals surface area (Å²) >= 11 is 0. The van der Waals surface area contributed by atoms with Crippen molar-refractivity contribution in [3.63, 3.8) is 0 Å². The molecule has 2 heterocycles. The molecule has 0 radical (unpaired) electrons. The topological polar surface area (TPSA) is 375 Å². The SMILES string of the molecule is CCCC1NC(=O)C(C(C)CC)NC(=O)C(Cc2ccc(O)c(-n3[nH]c(=O)n(C4=CCCC=C4)c3=O)c2)NC(=O)C(N)CSSCC(C(=O)O)NC(=O)C(CC(N)=O)NC1=O.NC=O. The van der Waals surface area contributed by atoms with Gasteiger partial charge in [0.15, 0.2) is 0 Å². The lowest BCUT2D eigenvalue weighted by Gasteiger charge is -2.29. The Balaban J connectivity index is 0.00000353. The third-order valence-electron chi connectivity index (χ3n) is 9.94. The number of phenolic OH excluding ortho intramolecular Hbond substituents is 1. The maximum absolute atomic E-state index is 14.2. The van der Waals surface area contributed by atoms with Gasteiger partial charge in [-0.15, -0.1) is 0 Å². The molecular weight excluding hydrogens is 879 g/mol. The predicted octanol–water partition coefficient (Wildman–Crippen LogP) is -2.18. The van der Waals surface area contributed by atoms with Gasteiger partial charge in [0.1, 0.15) is 41.6 Å². The van der Waals surface area contributed by atoms with Gasteiger partial charge in [-0.25, -0.2) is 24.0 Å². The zero-order valence-electron chi connectivity index (χ0n) is 35.4. The Morgan fingerprint density at radius 2 is 1.52 bits per heavy atom. The van der Waals surface area contributed by atoms with E-state index in [9.17, 15) is 53.4 Å². The van der Waals surface area contributed by atoms with Gasteiger partial charge in [0.25, 0.3) is 0 Å². The number of nitrogens with two attached hydrogens (primary N) is 3. The van der Waals surface area contributed by atoms with E-state index in [4.69, 9.17) is 16.3 Å². The molecule has 14 N–H and O–H groups in total. The minimum absolute atomic E-state index is 0.0566. The number of hydrogen-bond acceptors (Lipinski definition) is 14. The van der Waals surface area contributed by atoms with E-state index in [1.165, 1.54) is 18.2 Å². The quantitative estimate of drug-likeness (QED) is 0.0843. The number of nitrogens with zero attached hydrogens (tertiary/aromatic N) is 2. The second kappa shape index (κ2) is 25.1. The smallest absolute Gasteiger partial charge is 0.356 e. The Labute approximate surface area is 374 Å². The van der Waals surface area contributed by atoms with Crippen LogP contribution < -0.4 is 55.2 Å². The fourth-order valence-corrected chi connectivity index (χ4v) is 8.63. The van der Waals surface area contributed by atoms with Crippen molar-refractivity contribution in [3.05, 3.63) is 63.0 Å². The fourth-order valence-electron chi connectivity index (χ4n) is 6.35. The van der Waals surface area contributed by atoms with Gasteiger partial charge in [-0.05, 0) is 49.0 Å². The number of carbonyl (C=O) groups excluding carboxylic acids is 7. The van der Waals surface area contributed by atoms with Crippen LogP contribution in [0, 0.1) is 5.92 Å². The van der Waals surface area contributed by atoms with Gasteiger partial charge in [0, 0.05) is 17.9 Å². The molecule has 0 spiro atoms. The number of aromatic amines is 1. The molecule has 1 aromatic heterocycles. The van der Waals surface area contributed by atoms with Crippen LogP contribution in [0.2, 0.25) is 0 Å². The molecule has 1 saturated heterocycles. The third kappa shape index (κ3) is 14.6. The van der Waals surface area contributed by atoms with E-state index < -0.39 is 107 Å². The number of amides is 7. The Bertz CT molecular complexity index is 2220. The largest absolute Gasteiger partial charge is 0.506 e. The number of aromatic hydroxyl groups is 1. The third-order valence-corrected chi connectivity index (χ3v) is 12.4. The summed E-state index contributed by atoms with van der Waals surface area (Å²) in [5, 5.41) is 35.7. The number of hydrogen-bond donors (Lipinski definition) is 11. The van der Waals surface area contributed by atoms with E-state index in [0.717, 1.165) is 37.3 Å². The number of carbonyl (C=O) groups is 8. The maximum atomic E-state index is 14.2. The lowest BCUT2D eigenvalue weighted by atomic mass is 9.96. The molecule has 64 heavy (non-hydrogen) atoms. The van der Waals surface area contributed by atoms with E-state index in [0.29, 0.717) is 30.5 Å². The zero-order chi connectivity index (χ0) is 47.7. The highest BCUT2D eigenvalue weighted by Crippen LogP contribution is 2.24. The Kier molecular flexibility index (Phi) is 20.4. The highest BCUT2D eigenvalue weighted by atomic mass is 33.1. The first-order chi connectivity index (χ1) is 30.4. The van der Waals surface area contributed by atoms with Gasteiger partial charge >= 0.3 is 17.3 Å². The molecule has 7 unspecified atom stereocenters. The van der Waals surface area contributed by atoms with Crippen molar-refractivity contribution < 1.29 is 48.6 Å². The van der Waals surface area contributed by atoms with E-state index in [1.807, 2.05) is 6.08 Å². The van der Waals surface area contributed by atoms with Crippen LogP contribution in [0.3, 0.4) is 0 Å². The van der Waals surface area contributed by atoms with Crippen molar-refractivity contribution in [2.24, 2.45) is 23.1 Å². The Morgan fingerprint density at radius 1 is 0.891 bits per heavy atom. The summed E-state index contributed by atoms with van der Waals surface area (Å²) in [6, 6.07) is -4.32. The van der Waals surface area contributed by atoms with Crippen LogP contribution >= 0.6 is 21.6 Å². The predicted molar refractivity (Wildman–Crippen MR) is 237 cm³/mol. The number of H-pyrrole nitrogens is 1. The van der Waals surface area contributed by atoms with Crippen LogP contribution in [-0.4, -0.2) is 120 Å². The van der Waals surface area contributed by atoms with Gasteiger partial charge in [0.05, 0.1) is 18.2 Å². The number of aliphatic carboxylic acids is 1. The molecule has 350 valence electrons. The van der Waals surface area contributed by atoms with E-state index in [-0.39, 0.29) is 36.4 Å². The van der Waals surface area contributed by atoms with Crippen molar-refractivity contribution in [3.8, 4) is 11.4 Å². The summed E-state index contributed by atoms with van der Waals surface area (Å²) in [6.07, 6.45) is 6.59. The summed E-state index contributed by atoms with van der Waals surface area (Å²) < 4.78 is 1.76. The molecule has 0 saturated carbocycles. The average Bonchev–Trinajstić information content (AvgIpc) is 3.55. The van der Waals surface area contributed by atoms with E-state index in [2.05, 4.69) is 37.4 Å². The first-order valence-corrected chi connectivity index (χ1v) is 22.7. The average molecular weight is 934 g/mol. The molecule has 4 rings (SSSR count). The Morgan fingerprint density at radius 3 is 2.12 bits per heavy atom. The normalized spacial score (nSPS) is 23.3. The van der Waals surface area contributed by atoms with Gasteiger partial charge in [0.2, 0.25) is 41.9 Å². The molecule has 7 atom stereocenters. The van der Waals surface area contributed by atoms with Gasteiger partial charge in [-0.3, -0.25) is 33.6 Å². The molecule has 7 amide bonds. The standard InChI is InChI=1S/C38H52N10O11S2.CH3NO/c1-4-9-23-32(52)43-25(16-29(40)50)33(53)44-26(36(56)57)18-61-60-17-22(39)31(51)42-24(34(54)45-30(19(3)5-2)35(55)41-23)14-20-12-13-28(49)27(15-20)48-38(59)47(37(58)46-48)21-10-7-6-8-11-21;2-1-3/h7,10-13,15,19,22-26,30,49H,4-6,8-9,14,16-18,39H2,1-3H3,(H2,40,50)(H,41,55)(H,42,51)(H,43,52)(H,44,53)(H,45,54)(H,46,58)(H,56,57);1H,(H2,2,3). The number of carboxylic acid groups (broad SMARTS) is 1. The first-order valence-electron chi connectivity index (χ1n) is 20.2. The number of carboxylic acids is 1. The van der Waals surface area contributed by atoms with Crippen LogP contribution in [0.25, 0.3) is 11.4 Å². The minimum Gasteiger partial charge on any atom is -0.506 e. The fraction of sp³-hybridized carbons (Fsp3) is 0.487. The number of primary amides is 2. The van der Waals surface area contributed by atoms with Crippen molar-refractivity contribution >= 4 is 75.1 Å². The number of allylic oxidation sites excluding steroid dienone is 4. The van der Waals surface area contributed by atoms with Crippen LogP contribution in [0.5, 0.6) is 5.75 Å². The number of rotatable bonds is 11. The lowest BCUT2D eigenvalue weighted by molar-refractivity contribution is -0.141. The molecule has 25 heteroatoms. The monoisotopic (exact) mass is 933 g/mol. The Hall–Kier alpha value is -6.34. The summed E-state index contributed by atoms with van der Waals surface area (Å²) in [7, 11) is 1.97. The molecule has 2 aliphatic rings. The van der Waals surface area contributed by atoms with Gasteiger partial charge in [-0.1, -0.05) is 73.4 Å². The van der Waals surface area contributed by atoms with Gasteiger partial charge in [-0.2, -0.15) is 4.68 Å². The maximum Gasteiger partial charge on any atom is 0.356 e. The summed E-state index contributed by atoms with van der Waals surface area (Å²) in [4.78, 5) is 128. The summed E-state index contributed by atoms with van der Waals surface area (Å²) in [6.45, 7) is 5.17. The molecule has 0 bridgehead atoms. The second-order valence-electron chi connectivity index (χ2n) is 14.7. The summed E-state index contributed by atoms with van der Waals surface area (Å²) in [5.74, 6) is -7.96. The highest BCUT2D eigenvalue weighted by Gasteiger charge is 2.35. The van der Waals surface area contributed by atoms with Crippen LogP contribution in [0.4, 0.5) is 0 Å². The van der Waals surface area contributed by atoms with Gasteiger partial charge < -0.3 is 54.0 Å². The number of aromatic nitrogens is 3. The molecular formula is C39H55N11O12S2. The van der Waals surface area contributed by atoms with Crippen LogP contribution in [0.1, 0.15) is 64.9 Å². The zero-order valence-corrected chi connectivity index (χ0v) is 37.0. The molecule has 1 aliphatic carbocycles. The van der Waals surface area contributed by atoms with Crippen molar-refractivity contribution in [1.29, 1.82) is 0 Å². The first kappa shape index (κ1) is 52.0. The summed E-state index contributed by atoms with van der Waals surface area (Å²) in [5.41, 5.74) is 14.7. The second-order valence-corrected chi connectivity index (χ2v) is 17.3. The van der Waals surface area contributed by atoms with E-state index in [1.54, 1.807) is 32.9 Å². The molecule has 23 nitrogen and oxygen atoms in total. The lowest BCUT2D eigenvalue weighted by Crippen LogP contribution is -2.61. The van der Waals surface area contributed by atoms with Crippen molar-refractivity contribution in [2.45, 2.75) is 102 Å². The number of phenols is 1. The van der Waals surface area contributed by atoms with Crippen molar-refractivity contribution in [2.75, 3.05) is 11.5 Å². The molecule has 1 fully saturated rings. The molecule has 2 aromatic rings. The number of nitrogens with one attached hydrogen (secondary N) is 6. The highest BCUT2D eigenvalue weighted by molar-refractivity contribution is 8.76. The minimum atomic E-state index is -1.60. The van der Waals surface area contributed by atoms with Crippen molar-refractivity contribution in [1.82, 2.24) is 40.9 Å². The van der Waals surface area contributed by atoms with E-state index >= 15 is 0 Å². The molecule has 1 aromatic carbocycles. The number of benzene rings is 1. The van der Waals surface area contributed by atoms with Crippen LogP contribution in [-0.2, 0) is 44.8 Å². The molecule has 1 aliphatic heterocycles. The van der Waals surface area contributed by atoms with Crippen LogP contribution in [0.15, 0.2) is 46.0 Å².